The van der Waals surface area contributed by atoms with E-state index < -0.39 is 93.1 Å². The first kappa shape index (κ1) is 36.8. The van der Waals surface area contributed by atoms with Crippen LogP contribution in [0.3, 0.4) is 0 Å². The van der Waals surface area contributed by atoms with E-state index in [1.54, 1.807) is 0 Å². The predicted molar refractivity (Wildman–Crippen MR) is 116 cm³/mol. The lowest BCUT2D eigenvalue weighted by molar-refractivity contribution is -0.192. The zero-order chi connectivity index (χ0) is 30.4. The minimum Gasteiger partial charge on any atom is -0.481 e. The summed E-state index contributed by atoms with van der Waals surface area (Å²) >= 11 is 0. The number of carbonyl (C=O) groups is 6. The Morgan fingerprint density at radius 3 is 1.55 bits per heavy atom. The highest BCUT2D eigenvalue weighted by atomic mass is 31.2. The number of carboxylic acids is 3. The second-order valence-electron chi connectivity index (χ2n) is 7.23. The molecule has 38 heavy (non-hydrogen) atoms. The molecule has 0 aromatic rings. The summed E-state index contributed by atoms with van der Waals surface area (Å²) in [5.41, 5.74) is 5.57. The van der Waals surface area contributed by atoms with Crippen molar-refractivity contribution in [1.29, 1.82) is 0 Å². The standard InChI is InChI=1S/C15H27N4O11P.C2HF3O2/c1-7(30-31(27,28)29)12(16)15(26)19-9(4-6-11(22)23)14(25)18-8(13(24)17-2)3-5-10(20)21;3-2(4,5)1(6)7/h7-9,12H,3-6,16H2,1-2H3,(H,17,24)(H,18,25)(H,19,26)(H,20,21)(H,22,23)(H2,27,28,29);(H,6,7)/t7-,8+,9+,12+;/m1./s1. The lowest BCUT2D eigenvalue weighted by Gasteiger charge is -2.25. The Hall–Kier alpha value is -3.32. The van der Waals surface area contributed by atoms with E-state index in [2.05, 4.69) is 20.5 Å². The minimum absolute atomic E-state index is 0.271. The molecule has 0 aliphatic rings. The molecular formula is C17H28F3N4O13P. The Morgan fingerprint density at radius 2 is 1.24 bits per heavy atom. The van der Waals surface area contributed by atoms with Gasteiger partial charge in [-0.05, 0) is 19.8 Å². The number of aliphatic carboxylic acids is 3. The van der Waals surface area contributed by atoms with Gasteiger partial charge in [0.15, 0.2) is 0 Å². The fourth-order valence-corrected chi connectivity index (χ4v) is 2.85. The number of rotatable bonds is 14. The Kier molecular flexibility index (Phi) is 16.0. The average molecular weight is 584 g/mol. The zero-order valence-electron chi connectivity index (χ0n) is 19.8. The van der Waals surface area contributed by atoms with Crippen molar-refractivity contribution >= 4 is 43.5 Å². The molecule has 4 atom stereocenters. The number of phosphoric ester groups is 1. The number of carboxylic acid groups (broad SMARTS) is 3. The van der Waals surface area contributed by atoms with E-state index in [4.69, 9.17) is 35.6 Å². The van der Waals surface area contributed by atoms with Crippen LogP contribution in [0.25, 0.3) is 0 Å². The summed E-state index contributed by atoms with van der Waals surface area (Å²) in [6.07, 6.45) is -8.23. The largest absolute Gasteiger partial charge is 0.490 e. The third-order valence-electron chi connectivity index (χ3n) is 4.16. The molecule has 17 nitrogen and oxygen atoms in total. The van der Waals surface area contributed by atoms with Crippen LogP contribution in [0.4, 0.5) is 13.2 Å². The topological polar surface area (TPSA) is 292 Å². The molecule has 0 aromatic carbocycles. The van der Waals surface area contributed by atoms with Crippen LogP contribution >= 0.6 is 7.82 Å². The van der Waals surface area contributed by atoms with Crippen LogP contribution in [-0.2, 0) is 37.9 Å². The summed E-state index contributed by atoms with van der Waals surface area (Å²) in [6.45, 7) is 1.10. The number of hydrogen-bond donors (Lipinski definition) is 9. The number of halogens is 3. The van der Waals surface area contributed by atoms with Gasteiger partial charge < -0.3 is 46.8 Å². The Bertz CT molecular complexity index is 912. The summed E-state index contributed by atoms with van der Waals surface area (Å²) in [4.78, 5) is 84.8. The number of alkyl halides is 3. The normalized spacial score (nSPS) is 14.4. The van der Waals surface area contributed by atoms with Gasteiger partial charge in [-0.2, -0.15) is 13.2 Å². The van der Waals surface area contributed by atoms with E-state index in [-0.39, 0.29) is 6.42 Å². The Labute approximate surface area is 212 Å². The number of hydrogen-bond acceptors (Lipinski definition) is 9. The van der Waals surface area contributed by atoms with Crippen molar-refractivity contribution in [1.82, 2.24) is 16.0 Å². The van der Waals surface area contributed by atoms with Gasteiger partial charge >= 0.3 is 31.9 Å². The molecule has 10 N–H and O–H groups in total. The van der Waals surface area contributed by atoms with Crippen molar-refractivity contribution < 1.29 is 76.1 Å². The summed E-state index contributed by atoms with van der Waals surface area (Å²) in [5, 5.41) is 31.4. The molecule has 0 saturated heterocycles. The third-order valence-corrected chi connectivity index (χ3v) is 4.77. The van der Waals surface area contributed by atoms with Gasteiger partial charge in [0.2, 0.25) is 17.7 Å². The molecule has 0 heterocycles. The zero-order valence-corrected chi connectivity index (χ0v) is 20.7. The molecule has 220 valence electrons. The van der Waals surface area contributed by atoms with Crippen molar-refractivity contribution in [2.75, 3.05) is 7.05 Å². The molecule has 0 aliphatic carbocycles. The minimum atomic E-state index is -5.08. The van der Waals surface area contributed by atoms with Gasteiger partial charge in [0.05, 0.1) is 6.10 Å². The second kappa shape index (κ2) is 16.5. The van der Waals surface area contributed by atoms with Crippen LogP contribution < -0.4 is 21.7 Å². The first-order chi connectivity index (χ1) is 17.1. The van der Waals surface area contributed by atoms with Gasteiger partial charge in [0, 0.05) is 19.9 Å². The summed E-state index contributed by atoms with van der Waals surface area (Å²) < 4.78 is 46.9. The average Bonchev–Trinajstić information content (AvgIpc) is 2.76. The van der Waals surface area contributed by atoms with Crippen LogP contribution in [0, 0.1) is 0 Å². The van der Waals surface area contributed by atoms with Crippen LogP contribution in [0.1, 0.15) is 32.6 Å². The van der Waals surface area contributed by atoms with E-state index in [1.165, 1.54) is 7.05 Å². The van der Waals surface area contributed by atoms with Crippen LogP contribution in [0.5, 0.6) is 0 Å². The fourth-order valence-electron chi connectivity index (χ4n) is 2.28. The first-order valence-corrected chi connectivity index (χ1v) is 11.7. The van der Waals surface area contributed by atoms with Gasteiger partial charge in [0.1, 0.15) is 18.1 Å². The van der Waals surface area contributed by atoms with Crippen molar-refractivity contribution in [3.8, 4) is 0 Å². The van der Waals surface area contributed by atoms with Crippen molar-refractivity contribution in [3.05, 3.63) is 0 Å². The summed E-state index contributed by atoms with van der Waals surface area (Å²) in [6, 6.07) is -4.40. The number of amides is 3. The summed E-state index contributed by atoms with van der Waals surface area (Å²) in [7, 11) is -3.70. The van der Waals surface area contributed by atoms with Crippen molar-refractivity contribution in [2.45, 2.75) is 63.0 Å². The molecule has 0 rings (SSSR count). The number of carbonyl (C=O) groups excluding carboxylic acids is 3. The van der Waals surface area contributed by atoms with Gasteiger partial charge in [-0.3, -0.25) is 28.5 Å². The molecule has 0 radical (unpaired) electrons. The van der Waals surface area contributed by atoms with Gasteiger partial charge in [-0.1, -0.05) is 0 Å². The quantitative estimate of drug-likeness (QED) is 0.0988. The fraction of sp³-hybridized carbons (Fsp3) is 0.647. The number of nitrogens with two attached hydrogens (primary N) is 1. The summed E-state index contributed by atoms with van der Waals surface area (Å²) in [5.74, 6) is -8.03. The second-order valence-corrected chi connectivity index (χ2v) is 8.42. The highest BCUT2D eigenvalue weighted by Crippen LogP contribution is 2.37. The van der Waals surface area contributed by atoms with Crippen LogP contribution in [0.15, 0.2) is 0 Å². The maximum atomic E-state index is 12.5. The van der Waals surface area contributed by atoms with E-state index in [1.807, 2.05) is 0 Å². The molecule has 21 heteroatoms. The SMILES string of the molecule is CNC(=O)[C@H](CCC(=O)O)NC(=O)[C@H](CCC(=O)O)NC(=O)[C@@H](N)[C@@H](C)OP(=O)(O)O.O=C(O)C(F)(F)F. The monoisotopic (exact) mass is 584 g/mol. The predicted octanol–water partition coefficient (Wildman–Crippen LogP) is -2.11. The highest BCUT2D eigenvalue weighted by Gasteiger charge is 2.38. The maximum Gasteiger partial charge on any atom is 0.490 e. The van der Waals surface area contributed by atoms with Gasteiger partial charge in [-0.25, -0.2) is 9.36 Å². The number of phosphoric acid groups is 1. The van der Waals surface area contributed by atoms with Crippen LogP contribution in [0.2, 0.25) is 0 Å². The molecule has 0 fully saturated rings. The Morgan fingerprint density at radius 1 is 0.868 bits per heavy atom. The van der Waals surface area contributed by atoms with Gasteiger partial charge in [-0.15, -0.1) is 0 Å². The van der Waals surface area contributed by atoms with E-state index in [9.17, 15) is 41.7 Å². The lowest BCUT2D eigenvalue weighted by atomic mass is 10.1. The molecule has 0 bridgehead atoms. The number of likely N-dealkylation sites (N-methyl/N-ethyl adjacent to an activating group) is 1. The van der Waals surface area contributed by atoms with Crippen molar-refractivity contribution in [3.63, 3.8) is 0 Å². The molecular weight excluding hydrogens is 556 g/mol. The van der Waals surface area contributed by atoms with Gasteiger partial charge in [0.25, 0.3) is 0 Å². The molecule has 0 spiro atoms. The lowest BCUT2D eigenvalue weighted by Crippen LogP contribution is -2.57. The third kappa shape index (κ3) is 17.2. The molecule has 0 unspecified atom stereocenters. The smallest absolute Gasteiger partial charge is 0.481 e. The number of nitrogens with one attached hydrogen (secondary N) is 3. The van der Waals surface area contributed by atoms with Crippen LogP contribution in [-0.4, -0.2) is 98.2 Å². The molecule has 0 aliphatic heterocycles. The molecule has 3 amide bonds. The van der Waals surface area contributed by atoms with E-state index >= 15 is 0 Å². The Balaban J connectivity index is 0. The first-order valence-electron chi connectivity index (χ1n) is 10.2. The highest BCUT2D eigenvalue weighted by molar-refractivity contribution is 7.46. The maximum absolute atomic E-state index is 12.5. The van der Waals surface area contributed by atoms with Crippen molar-refractivity contribution in [2.24, 2.45) is 5.73 Å². The van der Waals surface area contributed by atoms with E-state index in [0.29, 0.717) is 0 Å². The molecule has 0 aromatic heterocycles. The molecule has 0 saturated carbocycles. The van der Waals surface area contributed by atoms with E-state index in [0.717, 1.165) is 6.92 Å².